The minimum absolute atomic E-state index is 0.0450. The molecule has 0 radical (unpaired) electrons. The highest BCUT2D eigenvalue weighted by Gasteiger charge is 2.13. The monoisotopic (exact) mass is 283 g/mol. The van der Waals surface area contributed by atoms with E-state index in [1.807, 2.05) is 0 Å². The van der Waals surface area contributed by atoms with Crippen LogP contribution < -0.4 is 5.32 Å². The number of urea groups is 1. The summed E-state index contributed by atoms with van der Waals surface area (Å²) in [5.74, 6) is -1.31. The third-order valence-electron chi connectivity index (χ3n) is 2.42. The fourth-order valence-corrected chi connectivity index (χ4v) is 1.97. The van der Waals surface area contributed by atoms with Crippen LogP contribution in [-0.4, -0.2) is 23.0 Å². The number of amides is 2. The average molecular weight is 283 g/mol. The number of hydrogen-bond acceptors (Lipinski definition) is 3. The van der Waals surface area contributed by atoms with Crippen molar-refractivity contribution in [2.24, 2.45) is 0 Å². The summed E-state index contributed by atoms with van der Waals surface area (Å²) < 4.78 is 26.2. The Balaban J connectivity index is 2.00. The minimum atomic E-state index is -0.672. The van der Waals surface area contributed by atoms with Crippen LogP contribution in [0.3, 0.4) is 0 Å². The molecule has 0 saturated carbocycles. The van der Waals surface area contributed by atoms with Crippen molar-refractivity contribution in [3.05, 3.63) is 47.0 Å². The SMILES string of the molecule is CN(Cc1ccc(F)cc1F)C(=O)Nc1nccs1. The number of benzene rings is 1. The predicted octanol–water partition coefficient (Wildman–Crippen LogP) is 3.09. The molecule has 1 aromatic heterocycles. The van der Waals surface area contributed by atoms with Gasteiger partial charge in [0.05, 0.1) is 0 Å². The van der Waals surface area contributed by atoms with Crippen LogP contribution in [0.25, 0.3) is 0 Å². The van der Waals surface area contributed by atoms with Crippen molar-refractivity contribution < 1.29 is 13.6 Å². The third kappa shape index (κ3) is 3.47. The number of rotatable bonds is 3. The highest BCUT2D eigenvalue weighted by atomic mass is 32.1. The Hall–Kier alpha value is -2.02. The summed E-state index contributed by atoms with van der Waals surface area (Å²) in [6.45, 7) is 0.0450. The van der Waals surface area contributed by atoms with Crippen molar-refractivity contribution in [1.82, 2.24) is 9.88 Å². The molecule has 0 spiro atoms. The summed E-state index contributed by atoms with van der Waals surface area (Å²) in [6, 6.07) is 2.86. The summed E-state index contributed by atoms with van der Waals surface area (Å²) in [5.41, 5.74) is 0.248. The molecule has 2 aromatic rings. The maximum atomic E-state index is 13.4. The third-order valence-corrected chi connectivity index (χ3v) is 3.10. The topological polar surface area (TPSA) is 45.2 Å². The van der Waals surface area contributed by atoms with Gasteiger partial charge in [0.15, 0.2) is 5.13 Å². The fourth-order valence-electron chi connectivity index (χ4n) is 1.45. The highest BCUT2D eigenvalue weighted by Crippen LogP contribution is 2.14. The molecule has 0 aliphatic heterocycles. The summed E-state index contributed by atoms with van der Waals surface area (Å²) in [6.07, 6.45) is 1.57. The van der Waals surface area contributed by atoms with Crippen LogP contribution in [-0.2, 0) is 6.54 Å². The molecular formula is C12H11F2N3OS. The highest BCUT2D eigenvalue weighted by molar-refractivity contribution is 7.13. The lowest BCUT2D eigenvalue weighted by atomic mass is 10.2. The normalized spacial score (nSPS) is 10.3. The Kier molecular flexibility index (Phi) is 4.06. The van der Waals surface area contributed by atoms with Crippen molar-refractivity contribution >= 4 is 22.5 Å². The lowest BCUT2D eigenvalue weighted by molar-refractivity contribution is 0.220. The second-order valence-corrected chi connectivity index (χ2v) is 4.75. The van der Waals surface area contributed by atoms with Crippen LogP contribution in [0, 0.1) is 11.6 Å². The largest absolute Gasteiger partial charge is 0.323 e. The molecule has 4 nitrogen and oxygen atoms in total. The molecule has 2 amide bonds. The van der Waals surface area contributed by atoms with Gasteiger partial charge in [-0.25, -0.2) is 18.6 Å². The molecule has 0 aliphatic carbocycles. The zero-order valence-electron chi connectivity index (χ0n) is 10.1. The molecule has 0 unspecified atom stereocenters. The van der Waals surface area contributed by atoms with Crippen LogP contribution in [0.1, 0.15) is 5.56 Å². The van der Waals surface area contributed by atoms with Crippen molar-refractivity contribution in [2.45, 2.75) is 6.54 Å². The molecule has 1 N–H and O–H groups in total. The number of nitrogens with one attached hydrogen (secondary N) is 1. The molecule has 1 aromatic carbocycles. The van der Waals surface area contributed by atoms with Gasteiger partial charge in [0.25, 0.3) is 0 Å². The molecule has 0 atom stereocenters. The van der Waals surface area contributed by atoms with Gasteiger partial charge in [0.1, 0.15) is 11.6 Å². The second kappa shape index (κ2) is 5.75. The van der Waals surface area contributed by atoms with E-state index in [-0.39, 0.29) is 12.1 Å². The van der Waals surface area contributed by atoms with Crippen molar-refractivity contribution in [2.75, 3.05) is 12.4 Å². The molecule has 0 bridgehead atoms. The van der Waals surface area contributed by atoms with Crippen LogP contribution >= 0.6 is 11.3 Å². The summed E-state index contributed by atoms with van der Waals surface area (Å²) in [7, 11) is 1.52. The van der Waals surface area contributed by atoms with Gasteiger partial charge >= 0.3 is 6.03 Å². The first-order valence-electron chi connectivity index (χ1n) is 5.42. The summed E-state index contributed by atoms with van der Waals surface area (Å²) in [4.78, 5) is 17.0. The van der Waals surface area contributed by atoms with Crippen molar-refractivity contribution in [3.63, 3.8) is 0 Å². The van der Waals surface area contributed by atoms with Crippen LogP contribution in [0.2, 0.25) is 0 Å². The van der Waals surface area contributed by atoms with E-state index in [1.54, 1.807) is 11.6 Å². The first kappa shape index (κ1) is 13.4. The van der Waals surface area contributed by atoms with E-state index in [0.717, 1.165) is 12.1 Å². The molecule has 0 fully saturated rings. The average Bonchev–Trinajstić information content (AvgIpc) is 2.85. The van der Waals surface area contributed by atoms with E-state index in [4.69, 9.17) is 0 Å². The Bertz CT molecular complexity index is 574. The molecule has 0 saturated heterocycles. The zero-order chi connectivity index (χ0) is 13.8. The van der Waals surface area contributed by atoms with Gasteiger partial charge in [-0.05, 0) is 6.07 Å². The lowest BCUT2D eigenvalue weighted by Gasteiger charge is -2.17. The lowest BCUT2D eigenvalue weighted by Crippen LogP contribution is -2.31. The number of aromatic nitrogens is 1. The molecule has 2 rings (SSSR count). The van der Waals surface area contributed by atoms with Gasteiger partial charge in [-0.3, -0.25) is 5.32 Å². The molecule has 0 aliphatic rings. The molecule has 7 heteroatoms. The zero-order valence-corrected chi connectivity index (χ0v) is 10.9. The smallest absolute Gasteiger partial charge is 0.323 e. The second-order valence-electron chi connectivity index (χ2n) is 3.86. The number of carbonyl (C=O) groups excluding carboxylic acids is 1. The quantitative estimate of drug-likeness (QED) is 0.940. The Morgan fingerprint density at radius 1 is 1.47 bits per heavy atom. The fraction of sp³-hybridized carbons (Fsp3) is 0.167. The minimum Gasteiger partial charge on any atom is -0.323 e. The summed E-state index contributed by atoms with van der Waals surface area (Å²) in [5, 5.41) is 4.77. The van der Waals surface area contributed by atoms with Gasteiger partial charge in [-0.1, -0.05) is 6.07 Å². The standard InChI is InChI=1S/C12H11F2N3OS/c1-17(12(18)16-11-15-4-5-19-11)7-8-2-3-9(13)6-10(8)14/h2-6H,7H2,1H3,(H,15,16,18). The van der Waals surface area contributed by atoms with Gasteiger partial charge in [-0.2, -0.15) is 0 Å². The Morgan fingerprint density at radius 3 is 2.89 bits per heavy atom. The molecule has 1 heterocycles. The van der Waals surface area contributed by atoms with Gasteiger partial charge in [0.2, 0.25) is 0 Å². The molecule has 19 heavy (non-hydrogen) atoms. The first-order valence-corrected chi connectivity index (χ1v) is 6.30. The van der Waals surface area contributed by atoms with Crippen LogP contribution in [0.4, 0.5) is 18.7 Å². The Morgan fingerprint density at radius 2 is 2.26 bits per heavy atom. The predicted molar refractivity (Wildman–Crippen MR) is 69.0 cm³/mol. The number of hydrogen-bond donors (Lipinski definition) is 1. The summed E-state index contributed by atoms with van der Waals surface area (Å²) >= 11 is 1.29. The van der Waals surface area contributed by atoms with E-state index in [1.165, 1.54) is 29.4 Å². The van der Waals surface area contributed by atoms with Gasteiger partial charge < -0.3 is 4.90 Å². The van der Waals surface area contributed by atoms with Gasteiger partial charge in [0, 0.05) is 36.8 Å². The maximum Gasteiger partial charge on any atom is 0.323 e. The van der Waals surface area contributed by atoms with E-state index >= 15 is 0 Å². The van der Waals surface area contributed by atoms with E-state index in [2.05, 4.69) is 10.3 Å². The van der Waals surface area contributed by atoms with E-state index in [0.29, 0.717) is 5.13 Å². The number of anilines is 1. The van der Waals surface area contributed by atoms with E-state index < -0.39 is 17.7 Å². The number of nitrogens with zero attached hydrogens (tertiary/aromatic N) is 2. The van der Waals surface area contributed by atoms with Gasteiger partial charge in [-0.15, -0.1) is 11.3 Å². The number of carbonyl (C=O) groups is 1. The maximum absolute atomic E-state index is 13.4. The van der Waals surface area contributed by atoms with E-state index in [9.17, 15) is 13.6 Å². The van der Waals surface area contributed by atoms with Crippen LogP contribution in [0.15, 0.2) is 29.8 Å². The first-order chi connectivity index (χ1) is 9.06. The molecular weight excluding hydrogens is 272 g/mol. The van der Waals surface area contributed by atoms with Crippen molar-refractivity contribution in [1.29, 1.82) is 0 Å². The van der Waals surface area contributed by atoms with Crippen molar-refractivity contribution in [3.8, 4) is 0 Å². The van der Waals surface area contributed by atoms with Crippen LogP contribution in [0.5, 0.6) is 0 Å². The number of halogens is 2. The Labute approximate surface area is 112 Å². The number of thiazole rings is 1. The molecule has 100 valence electrons.